The predicted octanol–water partition coefficient (Wildman–Crippen LogP) is 3.20. The van der Waals surface area contributed by atoms with Gasteiger partial charge >= 0.3 is 0 Å². The third-order valence-corrected chi connectivity index (χ3v) is 6.06. The average Bonchev–Trinajstić information content (AvgIpc) is 2.57. The van der Waals surface area contributed by atoms with Gasteiger partial charge in [0.15, 0.2) is 0 Å². The minimum Gasteiger partial charge on any atom is -0.376 e. The minimum absolute atomic E-state index is 0.181. The van der Waals surface area contributed by atoms with E-state index >= 15 is 0 Å². The molecule has 2 bridgehead atoms. The Kier molecular flexibility index (Phi) is 3.33. The monoisotopic (exact) mass is 239 g/mol. The van der Waals surface area contributed by atoms with Gasteiger partial charge in [-0.25, -0.2) is 0 Å². The Morgan fingerprint density at radius 3 is 2.35 bits per heavy atom. The summed E-state index contributed by atoms with van der Waals surface area (Å²) < 4.78 is 6.17. The third-order valence-electron chi connectivity index (χ3n) is 6.06. The summed E-state index contributed by atoms with van der Waals surface area (Å²) in [6.45, 7) is 12.3. The molecule has 100 valence electrons. The van der Waals surface area contributed by atoms with E-state index in [0.29, 0.717) is 22.9 Å². The highest BCUT2D eigenvalue weighted by molar-refractivity contribution is 5.11. The van der Waals surface area contributed by atoms with E-state index in [0.717, 1.165) is 12.5 Å². The van der Waals surface area contributed by atoms with E-state index in [4.69, 9.17) is 10.5 Å². The molecule has 17 heavy (non-hydrogen) atoms. The van der Waals surface area contributed by atoms with Crippen molar-refractivity contribution in [3.8, 4) is 0 Å². The van der Waals surface area contributed by atoms with Gasteiger partial charge in [0.05, 0.1) is 12.7 Å². The molecule has 2 rings (SSSR count). The van der Waals surface area contributed by atoms with Crippen molar-refractivity contribution in [3.05, 3.63) is 0 Å². The van der Waals surface area contributed by atoms with E-state index in [1.54, 1.807) is 0 Å². The van der Waals surface area contributed by atoms with Crippen LogP contribution in [0.5, 0.6) is 0 Å². The lowest BCUT2D eigenvalue weighted by Crippen LogP contribution is -2.40. The Morgan fingerprint density at radius 1 is 1.29 bits per heavy atom. The maximum atomic E-state index is 6.17. The van der Waals surface area contributed by atoms with E-state index < -0.39 is 0 Å². The first-order valence-corrected chi connectivity index (χ1v) is 7.16. The molecule has 0 radical (unpaired) electrons. The van der Waals surface area contributed by atoms with E-state index in [2.05, 4.69) is 34.6 Å². The van der Waals surface area contributed by atoms with Gasteiger partial charge in [0, 0.05) is 6.04 Å². The van der Waals surface area contributed by atoms with Gasteiger partial charge in [-0.15, -0.1) is 0 Å². The highest BCUT2D eigenvalue weighted by atomic mass is 16.5. The SMILES string of the molecule is CC(C)C(N)COC1CC2CCC1(C)C2(C)C. The zero-order chi connectivity index (χ0) is 12.8. The molecule has 0 heterocycles. The Bertz CT molecular complexity index is 287. The standard InChI is InChI=1S/C15H29NO/c1-10(2)12(16)9-17-13-8-11-6-7-15(13,5)14(11,3)4/h10-13H,6-9,16H2,1-5H3. The number of fused-ring (bicyclic) bond motifs is 2. The van der Waals surface area contributed by atoms with Crippen LogP contribution in [0.3, 0.4) is 0 Å². The molecule has 0 aromatic carbocycles. The molecule has 2 aliphatic carbocycles. The molecule has 0 spiro atoms. The van der Waals surface area contributed by atoms with Crippen LogP contribution in [0.25, 0.3) is 0 Å². The summed E-state index contributed by atoms with van der Waals surface area (Å²) in [5, 5.41) is 0. The highest BCUT2D eigenvalue weighted by Crippen LogP contribution is 2.66. The van der Waals surface area contributed by atoms with Crippen LogP contribution < -0.4 is 5.73 Å². The zero-order valence-corrected chi connectivity index (χ0v) is 12.1. The van der Waals surface area contributed by atoms with Crippen molar-refractivity contribution < 1.29 is 4.74 Å². The maximum absolute atomic E-state index is 6.17. The van der Waals surface area contributed by atoms with Crippen LogP contribution in [-0.4, -0.2) is 18.8 Å². The fourth-order valence-electron chi connectivity index (χ4n) is 3.80. The third kappa shape index (κ3) is 1.94. The number of hydrogen-bond donors (Lipinski definition) is 1. The first-order valence-electron chi connectivity index (χ1n) is 7.16. The molecular weight excluding hydrogens is 210 g/mol. The molecule has 0 aliphatic heterocycles. The smallest absolute Gasteiger partial charge is 0.0637 e. The van der Waals surface area contributed by atoms with Crippen molar-refractivity contribution in [2.75, 3.05) is 6.61 Å². The molecule has 0 aromatic rings. The van der Waals surface area contributed by atoms with Crippen LogP contribution in [-0.2, 0) is 4.74 Å². The molecule has 2 nitrogen and oxygen atoms in total. The average molecular weight is 239 g/mol. The second kappa shape index (κ2) is 4.24. The number of ether oxygens (including phenoxy) is 1. The maximum Gasteiger partial charge on any atom is 0.0637 e. The Labute approximate surface area is 106 Å². The van der Waals surface area contributed by atoms with Gasteiger partial charge < -0.3 is 10.5 Å². The van der Waals surface area contributed by atoms with Crippen LogP contribution in [0.15, 0.2) is 0 Å². The topological polar surface area (TPSA) is 35.2 Å². The van der Waals surface area contributed by atoms with Crippen LogP contribution in [0, 0.1) is 22.7 Å². The molecule has 2 saturated carbocycles. The summed E-state index contributed by atoms with van der Waals surface area (Å²) in [5.41, 5.74) is 6.89. The minimum atomic E-state index is 0.181. The molecule has 4 atom stereocenters. The van der Waals surface area contributed by atoms with Crippen molar-refractivity contribution in [1.82, 2.24) is 0 Å². The fraction of sp³-hybridized carbons (Fsp3) is 1.00. The summed E-state index contributed by atoms with van der Waals surface area (Å²) in [4.78, 5) is 0. The predicted molar refractivity (Wildman–Crippen MR) is 71.8 cm³/mol. The second-order valence-corrected chi connectivity index (χ2v) is 7.34. The van der Waals surface area contributed by atoms with Crippen molar-refractivity contribution in [2.45, 2.75) is 66.0 Å². The number of hydrogen-bond acceptors (Lipinski definition) is 2. The van der Waals surface area contributed by atoms with Crippen LogP contribution in [0.1, 0.15) is 53.9 Å². The molecule has 2 heteroatoms. The van der Waals surface area contributed by atoms with E-state index in [1.165, 1.54) is 19.3 Å². The molecular formula is C15H29NO. The lowest BCUT2D eigenvalue weighted by Gasteiger charge is -2.39. The van der Waals surface area contributed by atoms with Crippen LogP contribution >= 0.6 is 0 Å². The van der Waals surface area contributed by atoms with Gasteiger partial charge in [0.2, 0.25) is 0 Å². The second-order valence-electron chi connectivity index (χ2n) is 7.34. The van der Waals surface area contributed by atoms with E-state index in [1.807, 2.05) is 0 Å². The van der Waals surface area contributed by atoms with E-state index in [-0.39, 0.29) is 6.04 Å². The van der Waals surface area contributed by atoms with Gasteiger partial charge in [-0.1, -0.05) is 34.6 Å². The summed E-state index contributed by atoms with van der Waals surface area (Å²) in [6.07, 6.45) is 4.39. The first-order chi connectivity index (χ1) is 7.79. The first kappa shape index (κ1) is 13.4. The van der Waals surface area contributed by atoms with Crippen molar-refractivity contribution in [3.63, 3.8) is 0 Å². The Balaban J connectivity index is 1.97. The fourth-order valence-corrected chi connectivity index (χ4v) is 3.80. The summed E-state index contributed by atoms with van der Waals surface area (Å²) in [7, 11) is 0. The van der Waals surface area contributed by atoms with Gasteiger partial charge in [-0.2, -0.15) is 0 Å². The number of nitrogens with two attached hydrogens (primary N) is 1. The molecule has 4 unspecified atom stereocenters. The number of rotatable bonds is 4. The normalized spacial score (nSPS) is 41.1. The van der Waals surface area contributed by atoms with Crippen molar-refractivity contribution >= 4 is 0 Å². The lowest BCUT2D eigenvalue weighted by atomic mass is 9.70. The lowest BCUT2D eigenvalue weighted by molar-refractivity contribution is -0.0536. The largest absolute Gasteiger partial charge is 0.376 e. The summed E-state index contributed by atoms with van der Waals surface area (Å²) in [6, 6.07) is 0.181. The van der Waals surface area contributed by atoms with Gasteiger partial charge in [-0.3, -0.25) is 0 Å². The summed E-state index contributed by atoms with van der Waals surface area (Å²) >= 11 is 0. The molecule has 2 fully saturated rings. The Morgan fingerprint density at radius 2 is 1.94 bits per heavy atom. The van der Waals surface area contributed by atoms with Crippen LogP contribution in [0.4, 0.5) is 0 Å². The molecule has 2 aliphatic rings. The zero-order valence-electron chi connectivity index (χ0n) is 12.1. The molecule has 0 amide bonds. The van der Waals surface area contributed by atoms with Gasteiger partial charge in [0.25, 0.3) is 0 Å². The van der Waals surface area contributed by atoms with Gasteiger partial charge in [0.1, 0.15) is 0 Å². The molecule has 0 saturated heterocycles. The summed E-state index contributed by atoms with van der Waals surface area (Å²) in [5.74, 6) is 1.36. The van der Waals surface area contributed by atoms with Crippen molar-refractivity contribution in [2.24, 2.45) is 28.4 Å². The van der Waals surface area contributed by atoms with Crippen LogP contribution in [0.2, 0.25) is 0 Å². The molecule has 2 N–H and O–H groups in total. The van der Waals surface area contributed by atoms with E-state index in [9.17, 15) is 0 Å². The molecule has 0 aromatic heterocycles. The highest BCUT2D eigenvalue weighted by Gasteiger charge is 2.61. The quantitative estimate of drug-likeness (QED) is 0.817. The van der Waals surface area contributed by atoms with Crippen molar-refractivity contribution in [1.29, 1.82) is 0 Å². The Hall–Kier alpha value is -0.0800. The van der Waals surface area contributed by atoms with Gasteiger partial charge in [-0.05, 0) is 41.9 Å².